The van der Waals surface area contributed by atoms with E-state index in [4.69, 9.17) is 4.42 Å². The van der Waals surface area contributed by atoms with E-state index in [1.54, 1.807) is 0 Å². The molecule has 0 aromatic carbocycles. The van der Waals surface area contributed by atoms with Crippen LogP contribution >= 0.6 is 0 Å². The van der Waals surface area contributed by atoms with E-state index in [-0.39, 0.29) is 6.01 Å². The highest BCUT2D eigenvalue weighted by Crippen LogP contribution is 2.27. The van der Waals surface area contributed by atoms with E-state index in [1.165, 1.54) is 12.5 Å². The van der Waals surface area contributed by atoms with Crippen LogP contribution in [0.5, 0.6) is 0 Å². The quantitative estimate of drug-likeness (QED) is 0.926. The van der Waals surface area contributed by atoms with Gasteiger partial charge in [-0.05, 0) is 18.9 Å². The van der Waals surface area contributed by atoms with Crippen molar-refractivity contribution in [1.29, 1.82) is 0 Å². The molecule has 8 heteroatoms. The van der Waals surface area contributed by atoms with Gasteiger partial charge in [-0.1, -0.05) is 0 Å². The maximum Gasteiger partial charge on any atom is 0.435 e. The minimum absolute atomic E-state index is 0.0306. The molecule has 0 spiro atoms. The van der Waals surface area contributed by atoms with Crippen LogP contribution in [0.15, 0.2) is 22.9 Å². The standard InChI is InChI=1S/C11H11F3N4O/c12-11(13,14)9-3-4-18(17-9)10-16-8(6-19-10)5-15-7-1-2-7/h3-4,6-7,15H,1-2,5H2. The summed E-state index contributed by atoms with van der Waals surface area (Å²) in [6.45, 7) is 0.543. The fraction of sp³-hybridized carbons (Fsp3) is 0.455. The first-order chi connectivity index (χ1) is 9.02. The number of aromatic nitrogens is 3. The number of hydrogen-bond donors (Lipinski definition) is 1. The molecule has 1 saturated carbocycles. The number of nitrogens with zero attached hydrogens (tertiary/aromatic N) is 3. The molecular weight excluding hydrogens is 261 g/mol. The van der Waals surface area contributed by atoms with E-state index in [1.807, 2.05) is 0 Å². The number of hydrogen-bond acceptors (Lipinski definition) is 4. The van der Waals surface area contributed by atoms with E-state index in [9.17, 15) is 13.2 Å². The van der Waals surface area contributed by atoms with Crippen LogP contribution in [-0.4, -0.2) is 20.8 Å². The first-order valence-electron chi connectivity index (χ1n) is 5.83. The molecule has 2 aromatic rings. The zero-order valence-electron chi connectivity index (χ0n) is 9.81. The maximum atomic E-state index is 12.4. The predicted octanol–water partition coefficient (Wildman–Crippen LogP) is 2.13. The second-order valence-electron chi connectivity index (χ2n) is 4.42. The maximum absolute atomic E-state index is 12.4. The molecule has 0 amide bonds. The molecule has 0 aliphatic heterocycles. The molecule has 0 unspecified atom stereocenters. The average Bonchev–Trinajstić information content (AvgIpc) is 2.87. The summed E-state index contributed by atoms with van der Waals surface area (Å²) in [6, 6.07) is 1.44. The van der Waals surface area contributed by atoms with Crippen LogP contribution in [0.1, 0.15) is 24.2 Å². The Kier molecular flexibility index (Phi) is 2.81. The third kappa shape index (κ3) is 2.78. The highest BCUT2D eigenvalue weighted by Gasteiger charge is 2.34. The first kappa shape index (κ1) is 12.2. The lowest BCUT2D eigenvalue weighted by molar-refractivity contribution is -0.141. The van der Waals surface area contributed by atoms with Crippen molar-refractivity contribution >= 4 is 0 Å². The molecule has 5 nitrogen and oxygen atoms in total. The summed E-state index contributed by atoms with van der Waals surface area (Å²) < 4.78 is 43.3. The Morgan fingerprint density at radius 3 is 2.84 bits per heavy atom. The smallest absolute Gasteiger partial charge is 0.430 e. The van der Waals surface area contributed by atoms with Crippen LogP contribution in [0.4, 0.5) is 13.2 Å². The topological polar surface area (TPSA) is 55.9 Å². The van der Waals surface area contributed by atoms with Crippen molar-refractivity contribution in [2.24, 2.45) is 0 Å². The van der Waals surface area contributed by atoms with Gasteiger partial charge < -0.3 is 9.73 Å². The van der Waals surface area contributed by atoms with Gasteiger partial charge in [-0.25, -0.2) is 0 Å². The molecular formula is C11H11F3N4O. The van der Waals surface area contributed by atoms with Gasteiger partial charge in [-0.3, -0.25) is 0 Å². The van der Waals surface area contributed by atoms with Gasteiger partial charge in [0.15, 0.2) is 5.69 Å². The predicted molar refractivity (Wildman–Crippen MR) is 58.5 cm³/mol. The monoisotopic (exact) mass is 272 g/mol. The Hall–Kier alpha value is -1.83. The normalized spacial score (nSPS) is 15.9. The number of alkyl halides is 3. The average molecular weight is 272 g/mol. The van der Waals surface area contributed by atoms with Crippen LogP contribution in [-0.2, 0) is 12.7 Å². The molecule has 0 radical (unpaired) electrons. The molecule has 0 bridgehead atoms. The van der Waals surface area contributed by atoms with Crippen molar-refractivity contribution in [2.75, 3.05) is 0 Å². The minimum atomic E-state index is -4.46. The van der Waals surface area contributed by atoms with Crippen molar-refractivity contribution in [3.05, 3.63) is 29.9 Å². The van der Waals surface area contributed by atoms with E-state index >= 15 is 0 Å². The van der Waals surface area contributed by atoms with Crippen LogP contribution < -0.4 is 5.32 Å². The summed E-state index contributed by atoms with van der Waals surface area (Å²) in [6.07, 6.45) is 0.429. The van der Waals surface area contributed by atoms with Crippen LogP contribution in [0.25, 0.3) is 6.01 Å². The highest BCUT2D eigenvalue weighted by atomic mass is 19.4. The van der Waals surface area contributed by atoms with E-state index in [0.29, 0.717) is 18.3 Å². The van der Waals surface area contributed by atoms with Crippen LogP contribution in [0.3, 0.4) is 0 Å². The molecule has 3 rings (SSSR count). The summed E-state index contributed by atoms with van der Waals surface area (Å²) >= 11 is 0. The molecule has 1 N–H and O–H groups in total. The van der Waals surface area contributed by atoms with Crippen molar-refractivity contribution in [3.63, 3.8) is 0 Å². The van der Waals surface area contributed by atoms with Crippen molar-refractivity contribution in [2.45, 2.75) is 31.6 Å². The van der Waals surface area contributed by atoms with Gasteiger partial charge in [0.2, 0.25) is 0 Å². The number of rotatable bonds is 4. The van der Waals surface area contributed by atoms with Crippen molar-refractivity contribution < 1.29 is 17.6 Å². The Morgan fingerprint density at radius 1 is 1.42 bits per heavy atom. The Labute approximate surface area is 106 Å². The molecule has 1 aliphatic rings. The third-order valence-corrected chi connectivity index (χ3v) is 2.76. The van der Waals surface area contributed by atoms with E-state index < -0.39 is 11.9 Å². The molecule has 2 aromatic heterocycles. The summed E-state index contributed by atoms with van der Waals surface area (Å²) in [7, 11) is 0. The molecule has 2 heterocycles. The number of nitrogens with one attached hydrogen (secondary N) is 1. The summed E-state index contributed by atoms with van der Waals surface area (Å²) in [4.78, 5) is 4.08. The summed E-state index contributed by atoms with van der Waals surface area (Å²) in [5.41, 5.74) is -0.325. The molecule has 102 valence electrons. The van der Waals surface area contributed by atoms with Crippen LogP contribution in [0, 0.1) is 0 Å². The van der Waals surface area contributed by atoms with E-state index in [2.05, 4.69) is 15.4 Å². The lowest BCUT2D eigenvalue weighted by atomic mass is 10.4. The summed E-state index contributed by atoms with van der Waals surface area (Å²) in [5.74, 6) is 0. The van der Waals surface area contributed by atoms with Crippen LogP contribution in [0.2, 0.25) is 0 Å². The molecule has 1 fully saturated rings. The Bertz CT molecular complexity index is 571. The van der Waals surface area contributed by atoms with Gasteiger partial charge in [-0.15, -0.1) is 0 Å². The zero-order chi connectivity index (χ0) is 13.5. The largest absolute Gasteiger partial charge is 0.435 e. The Morgan fingerprint density at radius 2 is 2.21 bits per heavy atom. The SMILES string of the molecule is FC(F)(F)c1ccn(-c2nc(CNC3CC3)co2)n1. The van der Waals surface area contributed by atoms with Gasteiger partial charge >= 0.3 is 12.2 Å². The van der Waals surface area contributed by atoms with E-state index in [0.717, 1.165) is 23.6 Å². The van der Waals surface area contributed by atoms with Gasteiger partial charge in [0.05, 0.1) is 5.69 Å². The highest BCUT2D eigenvalue weighted by molar-refractivity contribution is 5.13. The second-order valence-corrected chi connectivity index (χ2v) is 4.42. The lowest BCUT2D eigenvalue weighted by Crippen LogP contribution is -2.15. The fourth-order valence-corrected chi connectivity index (χ4v) is 1.60. The number of halogens is 3. The molecule has 1 aliphatic carbocycles. The Balaban J connectivity index is 1.72. The molecule has 19 heavy (non-hydrogen) atoms. The van der Waals surface area contributed by atoms with Crippen molar-refractivity contribution in [3.8, 4) is 6.01 Å². The number of oxazole rings is 1. The second kappa shape index (κ2) is 4.37. The zero-order valence-corrected chi connectivity index (χ0v) is 9.81. The first-order valence-corrected chi connectivity index (χ1v) is 5.83. The van der Waals surface area contributed by atoms with Gasteiger partial charge in [0.25, 0.3) is 0 Å². The lowest BCUT2D eigenvalue weighted by Gasteiger charge is -1.99. The molecule has 0 saturated heterocycles. The van der Waals surface area contributed by atoms with Gasteiger partial charge in [0, 0.05) is 18.8 Å². The fourth-order valence-electron chi connectivity index (χ4n) is 1.60. The molecule has 0 atom stereocenters. The minimum Gasteiger partial charge on any atom is -0.430 e. The van der Waals surface area contributed by atoms with Gasteiger partial charge in [0.1, 0.15) is 6.26 Å². The third-order valence-electron chi connectivity index (χ3n) is 2.76. The summed E-state index contributed by atoms with van der Waals surface area (Å²) in [5, 5.41) is 6.62. The van der Waals surface area contributed by atoms with Crippen molar-refractivity contribution in [1.82, 2.24) is 20.1 Å². The van der Waals surface area contributed by atoms with Gasteiger partial charge in [-0.2, -0.15) is 27.9 Å².